The zero-order chi connectivity index (χ0) is 22.8. The standard InChI is InChI=1S/C23H30O9/c1-10(2)21(27)11(3)17-23(32-17)20(26)6-5-13-14(8-28-18(13)25)15(20)7-16-22(23,31-16)19(21)30-9-29-12(4)24/h10-11,15-17,19,26-27H,5-9H2,1-4H3. The molecule has 4 fully saturated rings. The minimum absolute atomic E-state index is 0.194. The highest BCUT2D eigenvalue weighted by Crippen LogP contribution is 2.78. The zero-order valence-corrected chi connectivity index (χ0v) is 18.8. The van der Waals surface area contributed by atoms with E-state index in [1.807, 2.05) is 20.8 Å². The molecule has 2 saturated carbocycles. The lowest BCUT2D eigenvalue weighted by atomic mass is 9.48. The Hall–Kier alpha value is -1.52. The maximum atomic E-state index is 12.2. The molecule has 6 rings (SSSR count). The Morgan fingerprint density at radius 3 is 2.72 bits per heavy atom. The fourth-order valence-corrected chi connectivity index (χ4v) is 7.69. The highest BCUT2D eigenvalue weighted by molar-refractivity contribution is 5.92. The van der Waals surface area contributed by atoms with E-state index in [-0.39, 0.29) is 43.2 Å². The Balaban J connectivity index is 1.44. The van der Waals surface area contributed by atoms with Gasteiger partial charge in [0.1, 0.15) is 23.9 Å². The van der Waals surface area contributed by atoms with Crippen molar-refractivity contribution in [3.05, 3.63) is 11.1 Å². The fourth-order valence-electron chi connectivity index (χ4n) is 7.69. The van der Waals surface area contributed by atoms with Gasteiger partial charge in [-0.15, -0.1) is 0 Å². The van der Waals surface area contributed by atoms with Crippen molar-refractivity contribution in [1.29, 1.82) is 0 Å². The van der Waals surface area contributed by atoms with Gasteiger partial charge in [0.05, 0.1) is 12.2 Å². The molecule has 9 nitrogen and oxygen atoms in total. The predicted molar refractivity (Wildman–Crippen MR) is 106 cm³/mol. The van der Waals surface area contributed by atoms with Crippen molar-refractivity contribution in [3.63, 3.8) is 0 Å². The molecular weight excluding hydrogens is 420 g/mol. The van der Waals surface area contributed by atoms with Crippen LogP contribution in [0.2, 0.25) is 0 Å². The smallest absolute Gasteiger partial charge is 0.334 e. The Kier molecular flexibility index (Phi) is 4.03. The van der Waals surface area contributed by atoms with E-state index in [2.05, 4.69) is 0 Å². The second-order valence-electron chi connectivity index (χ2n) is 10.6. The van der Waals surface area contributed by atoms with Crippen LogP contribution in [-0.4, -0.2) is 76.3 Å². The number of carbonyl (C=O) groups is 2. The molecule has 9 unspecified atom stereocenters. The van der Waals surface area contributed by atoms with Crippen molar-refractivity contribution in [1.82, 2.24) is 0 Å². The SMILES string of the molecule is CC(=O)OCOC1C(O)(C(C)C)C(C)C2OC23C2(O)CCC4=C(COC4=O)C2CC2OC213. The summed E-state index contributed by atoms with van der Waals surface area (Å²) in [5, 5.41) is 24.2. The topological polar surface area (TPSA) is 127 Å². The van der Waals surface area contributed by atoms with Gasteiger partial charge in [-0.25, -0.2) is 4.79 Å². The van der Waals surface area contributed by atoms with Gasteiger partial charge in [-0.05, 0) is 30.8 Å². The molecule has 3 heterocycles. The number of ether oxygens (including phenoxy) is 5. The van der Waals surface area contributed by atoms with Gasteiger partial charge < -0.3 is 33.9 Å². The summed E-state index contributed by atoms with van der Waals surface area (Å²) in [5.74, 6) is -1.65. The van der Waals surface area contributed by atoms with E-state index >= 15 is 0 Å². The number of rotatable bonds is 4. The molecule has 32 heavy (non-hydrogen) atoms. The molecule has 2 saturated heterocycles. The van der Waals surface area contributed by atoms with Crippen LogP contribution in [0.1, 0.15) is 47.0 Å². The number of epoxide rings is 2. The van der Waals surface area contributed by atoms with E-state index in [0.29, 0.717) is 24.8 Å². The van der Waals surface area contributed by atoms with Crippen LogP contribution in [-0.2, 0) is 33.3 Å². The predicted octanol–water partition coefficient (Wildman–Crippen LogP) is 0.602. The first-order valence-corrected chi connectivity index (χ1v) is 11.5. The molecule has 3 aliphatic heterocycles. The van der Waals surface area contributed by atoms with Gasteiger partial charge >= 0.3 is 11.9 Å². The lowest BCUT2D eigenvalue weighted by Crippen LogP contribution is -2.77. The van der Waals surface area contributed by atoms with Crippen molar-refractivity contribution in [3.8, 4) is 0 Å². The van der Waals surface area contributed by atoms with Crippen molar-refractivity contribution in [2.75, 3.05) is 13.4 Å². The number of carbonyl (C=O) groups excluding carboxylic acids is 2. The summed E-state index contributed by atoms with van der Waals surface area (Å²) in [7, 11) is 0. The molecule has 6 aliphatic rings. The molecule has 2 N–H and O–H groups in total. The molecule has 0 bridgehead atoms. The molecule has 0 aromatic heterocycles. The van der Waals surface area contributed by atoms with E-state index < -0.39 is 40.6 Å². The molecule has 3 aliphatic carbocycles. The van der Waals surface area contributed by atoms with Crippen molar-refractivity contribution >= 4 is 11.9 Å². The Bertz CT molecular complexity index is 944. The van der Waals surface area contributed by atoms with Gasteiger partial charge in [-0.1, -0.05) is 20.8 Å². The summed E-state index contributed by atoms with van der Waals surface area (Å²) in [5.41, 5.74) is -3.16. The molecule has 0 aromatic rings. The highest BCUT2D eigenvalue weighted by atomic mass is 16.7. The summed E-state index contributed by atoms with van der Waals surface area (Å²) in [4.78, 5) is 23.5. The van der Waals surface area contributed by atoms with Gasteiger partial charge in [0.25, 0.3) is 0 Å². The number of cyclic esters (lactones) is 1. The summed E-state index contributed by atoms with van der Waals surface area (Å²) in [6.07, 6.45) is -0.332. The van der Waals surface area contributed by atoms with Crippen LogP contribution in [0.3, 0.4) is 0 Å². The summed E-state index contributed by atoms with van der Waals surface area (Å²) >= 11 is 0. The minimum atomic E-state index is -1.31. The molecule has 0 aromatic carbocycles. The van der Waals surface area contributed by atoms with Crippen LogP contribution in [0.5, 0.6) is 0 Å². The summed E-state index contributed by atoms with van der Waals surface area (Å²) < 4.78 is 29.2. The summed E-state index contributed by atoms with van der Waals surface area (Å²) in [6.45, 7) is 6.92. The number of hydrogen-bond donors (Lipinski definition) is 2. The third-order valence-electron chi connectivity index (χ3n) is 9.25. The van der Waals surface area contributed by atoms with E-state index in [1.165, 1.54) is 6.92 Å². The van der Waals surface area contributed by atoms with E-state index in [0.717, 1.165) is 5.57 Å². The lowest BCUT2D eigenvalue weighted by Gasteiger charge is -2.57. The number of fused-ring (bicyclic) bond motifs is 2. The van der Waals surface area contributed by atoms with Gasteiger partial charge in [-0.3, -0.25) is 4.79 Å². The zero-order valence-electron chi connectivity index (χ0n) is 18.8. The molecule has 9 heteroatoms. The average Bonchev–Trinajstić information content (AvgIpc) is 3.61. The number of esters is 2. The van der Waals surface area contributed by atoms with Gasteiger partial charge in [0.15, 0.2) is 18.0 Å². The second-order valence-corrected chi connectivity index (χ2v) is 10.6. The third-order valence-corrected chi connectivity index (χ3v) is 9.25. The van der Waals surface area contributed by atoms with Crippen LogP contribution >= 0.6 is 0 Å². The Labute approximate surface area is 186 Å². The third kappa shape index (κ3) is 2.09. The Morgan fingerprint density at radius 1 is 1.28 bits per heavy atom. The lowest BCUT2D eigenvalue weighted by molar-refractivity contribution is -0.250. The largest absolute Gasteiger partial charge is 0.458 e. The summed E-state index contributed by atoms with van der Waals surface area (Å²) in [6, 6.07) is 0. The molecular formula is C23H30O9. The van der Waals surface area contributed by atoms with E-state index in [1.54, 1.807) is 0 Å². The first-order valence-electron chi connectivity index (χ1n) is 11.5. The number of aliphatic hydroxyl groups is 2. The quantitative estimate of drug-likeness (QED) is 0.360. The van der Waals surface area contributed by atoms with Crippen LogP contribution in [0.15, 0.2) is 11.1 Å². The molecule has 9 atom stereocenters. The van der Waals surface area contributed by atoms with Crippen LogP contribution in [0, 0.1) is 17.8 Å². The van der Waals surface area contributed by atoms with Crippen molar-refractivity contribution < 1.29 is 43.5 Å². The fraction of sp³-hybridized carbons (Fsp3) is 0.826. The second kappa shape index (κ2) is 6.13. The molecule has 0 amide bonds. The number of hydrogen-bond acceptors (Lipinski definition) is 9. The Morgan fingerprint density at radius 2 is 2.03 bits per heavy atom. The van der Waals surface area contributed by atoms with Crippen LogP contribution in [0.25, 0.3) is 0 Å². The highest BCUT2D eigenvalue weighted by Gasteiger charge is 2.97. The van der Waals surface area contributed by atoms with Crippen molar-refractivity contribution in [2.45, 2.75) is 87.7 Å². The first-order chi connectivity index (χ1) is 15.1. The minimum Gasteiger partial charge on any atom is -0.458 e. The van der Waals surface area contributed by atoms with Crippen molar-refractivity contribution in [2.24, 2.45) is 17.8 Å². The van der Waals surface area contributed by atoms with E-state index in [4.69, 9.17) is 23.7 Å². The maximum Gasteiger partial charge on any atom is 0.334 e. The van der Waals surface area contributed by atoms with E-state index in [9.17, 15) is 19.8 Å². The normalized spacial score (nSPS) is 52.3. The van der Waals surface area contributed by atoms with Gasteiger partial charge in [0, 0.05) is 24.3 Å². The first kappa shape index (κ1) is 21.0. The molecule has 2 spiro atoms. The van der Waals surface area contributed by atoms with Crippen LogP contribution < -0.4 is 0 Å². The monoisotopic (exact) mass is 450 g/mol. The van der Waals surface area contributed by atoms with Gasteiger partial charge in [-0.2, -0.15) is 0 Å². The van der Waals surface area contributed by atoms with Crippen LogP contribution in [0.4, 0.5) is 0 Å². The maximum absolute atomic E-state index is 12.2. The average molecular weight is 450 g/mol. The van der Waals surface area contributed by atoms with Gasteiger partial charge in [0.2, 0.25) is 0 Å². The molecule has 0 radical (unpaired) electrons. The molecule has 176 valence electrons.